The number of carbonyl (C=O) groups is 1. The smallest absolute Gasteiger partial charge is 0.382 e. The number of unbranched alkanes of at least 4 members (excludes halogenated alkanes) is 1. The number of hydrogen-bond acceptors (Lipinski definition) is 3. The molecule has 4 N–H and O–H groups in total. The van der Waals surface area contributed by atoms with E-state index in [1.165, 1.54) is 6.07 Å². The number of H-pyrrole nitrogens is 1. The Morgan fingerprint density at radius 2 is 2.18 bits per heavy atom. The molecular formula is C9H13F3N4O. The van der Waals surface area contributed by atoms with Gasteiger partial charge in [-0.05, 0) is 12.8 Å². The van der Waals surface area contributed by atoms with E-state index in [0.29, 0.717) is 0 Å². The van der Waals surface area contributed by atoms with Gasteiger partial charge in [0.05, 0.1) is 0 Å². The summed E-state index contributed by atoms with van der Waals surface area (Å²) in [5.74, 6) is -0.242. The van der Waals surface area contributed by atoms with E-state index in [1.54, 1.807) is 0 Å². The predicted molar refractivity (Wildman–Crippen MR) is 55.2 cm³/mol. The molecule has 1 heterocycles. The third-order valence-corrected chi connectivity index (χ3v) is 2.01. The molecule has 1 rings (SSSR count). The fourth-order valence-corrected chi connectivity index (χ4v) is 1.20. The van der Waals surface area contributed by atoms with Crippen LogP contribution >= 0.6 is 0 Å². The summed E-state index contributed by atoms with van der Waals surface area (Å²) in [5.41, 5.74) is 5.49. The van der Waals surface area contributed by atoms with Crippen molar-refractivity contribution in [3.8, 4) is 0 Å². The first-order valence-corrected chi connectivity index (χ1v) is 5.04. The lowest BCUT2D eigenvalue weighted by Crippen LogP contribution is -2.25. The Morgan fingerprint density at radius 3 is 2.71 bits per heavy atom. The summed E-state index contributed by atoms with van der Waals surface area (Å²) < 4.78 is 35.4. The molecule has 1 aromatic rings. The van der Waals surface area contributed by atoms with Gasteiger partial charge in [0, 0.05) is 19.0 Å². The van der Waals surface area contributed by atoms with Crippen molar-refractivity contribution in [1.29, 1.82) is 0 Å². The molecule has 0 saturated heterocycles. The number of nitrogens with zero attached hydrogens (tertiary/aromatic N) is 1. The first-order chi connectivity index (χ1) is 7.88. The van der Waals surface area contributed by atoms with Gasteiger partial charge in [0.1, 0.15) is 11.5 Å². The molecule has 0 radical (unpaired) electrons. The Kier molecular flexibility index (Phi) is 4.36. The molecule has 8 heteroatoms. The quantitative estimate of drug-likeness (QED) is 0.691. The maximum absolute atomic E-state index is 11.8. The normalized spacial score (nSPS) is 11.5. The Morgan fingerprint density at radius 1 is 1.47 bits per heavy atom. The van der Waals surface area contributed by atoms with Gasteiger partial charge in [-0.1, -0.05) is 0 Å². The van der Waals surface area contributed by atoms with Crippen molar-refractivity contribution in [2.24, 2.45) is 0 Å². The molecule has 1 amide bonds. The summed E-state index contributed by atoms with van der Waals surface area (Å²) in [5, 5.41) is 8.43. The van der Waals surface area contributed by atoms with Crippen molar-refractivity contribution in [3.63, 3.8) is 0 Å². The SMILES string of the molecule is Nc1cc(C(=O)NCCCCC(F)(F)F)[nH]n1. The van der Waals surface area contributed by atoms with E-state index in [4.69, 9.17) is 5.73 Å². The molecule has 0 unspecified atom stereocenters. The zero-order valence-electron chi connectivity index (χ0n) is 8.97. The lowest BCUT2D eigenvalue weighted by Gasteiger charge is -2.06. The van der Waals surface area contributed by atoms with Crippen LogP contribution in [0.2, 0.25) is 0 Å². The van der Waals surface area contributed by atoms with Gasteiger partial charge >= 0.3 is 6.18 Å². The number of halogens is 3. The van der Waals surface area contributed by atoms with Gasteiger partial charge in [0.25, 0.3) is 5.91 Å². The van der Waals surface area contributed by atoms with Crippen molar-refractivity contribution in [1.82, 2.24) is 15.5 Å². The second kappa shape index (κ2) is 5.55. The monoisotopic (exact) mass is 250 g/mol. The van der Waals surface area contributed by atoms with Crippen LogP contribution < -0.4 is 11.1 Å². The van der Waals surface area contributed by atoms with Crippen molar-refractivity contribution < 1.29 is 18.0 Å². The van der Waals surface area contributed by atoms with Gasteiger partial charge < -0.3 is 11.1 Å². The number of aromatic amines is 1. The molecule has 0 atom stereocenters. The molecule has 1 aromatic heterocycles. The summed E-state index contributed by atoms with van der Waals surface area (Å²) in [6.45, 7) is 0.188. The molecule has 0 saturated carbocycles. The molecule has 0 aliphatic heterocycles. The first-order valence-electron chi connectivity index (χ1n) is 5.04. The number of anilines is 1. The fraction of sp³-hybridized carbons (Fsp3) is 0.556. The molecule has 0 aliphatic carbocycles. The van der Waals surface area contributed by atoms with Crippen LogP contribution in [-0.2, 0) is 0 Å². The van der Waals surface area contributed by atoms with Crippen LogP contribution in [0.1, 0.15) is 29.8 Å². The van der Waals surface area contributed by atoms with Crippen LogP contribution in [0.25, 0.3) is 0 Å². The summed E-state index contributed by atoms with van der Waals surface area (Å²) >= 11 is 0. The van der Waals surface area contributed by atoms with Crippen LogP contribution in [0.15, 0.2) is 6.07 Å². The van der Waals surface area contributed by atoms with E-state index in [9.17, 15) is 18.0 Å². The van der Waals surface area contributed by atoms with Crippen molar-refractivity contribution >= 4 is 11.7 Å². The van der Waals surface area contributed by atoms with E-state index >= 15 is 0 Å². The number of nitrogen functional groups attached to an aromatic ring is 1. The first kappa shape index (κ1) is 13.3. The van der Waals surface area contributed by atoms with E-state index in [-0.39, 0.29) is 30.9 Å². The fourth-order valence-electron chi connectivity index (χ4n) is 1.20. The van der Waals surface area contributed by atoms with Crippen LogP contribution in [0.4, 0.5) is 19.0 Å². The molecule has 0 aliphatic rings. The number of nitrogens with one attached hydrogen (secondary N) is 2. The predicted octanol–water partition coefficient (Wildman–Crippen LogP) is 1.45. The van der Waals surface area contributed by atoms with Crippen molar-refractivity contribution in [2.45, 2.75) is 25.4 Å². The highest BCUT2D eigenvalue weighted by Crippen LogP contribution is 2.21. The highest BCUT2D eigenvalue weighted by molar-refractivity contribution is 5.92. The van der Waals surface area contributed by atoms with Gasteiger partial charge in [-0.25, -0.2) is 0 Å². The summed E-state index contributed by atoms with van der Waals surface area (Å²) in [6, 6.07) is 1.35. The summed E-state index contributed by atoms with van der Waals surface area (Å²) in [7, 11) is 0. The van der Waals surface area contributed by atoms with Crippen molar-refractivity contribution in [3.05, 3.63) is 11.8 Å². The second-order valence-corrected chi connectivity index (χ2v) is 3.53. The largest absolute Gasteiger partial charge is 0.389 e. The highest BCUT2D eigenvalue weighted by atomic mass is 19.4. The lowest BCUT2D eigenvalue weighted by molar-refractivity contribution is -0.135. The number of hydrogen-bond donors (Lipinski definition) is 3. The molecule has 5 nitrogen and oxygen atoms in total. The van der Waals surface area contributed by atoms with Crippen LogP contribution in [-0.4, -0.2) is 28.8 Å². The van der Waals surface area contributed by atoms with Gasteiger partial charge in [-0.15, -0.1) is 0 Å². The van der Waals surface area contributed by atoms with E-state index in [2.05, 4.69) is 15.5 Å². The molecule has 0 bridgehead atoms. The molecule has 96 valence electrons. The minimum atomic E-state index is -4.14. The number of carbonyl (C=O) groups excluding carboxylic acids is 1. The number of alkyl halides is 3. The summed E-state index contributed by atoms with van der Waals surface area (Å²) in [4.78, 5) is 11.4. The lowest BCUT2D eigenvalue weighted by atomic mass is 10.2. The zero-order valence-corrected chi connectivity index (χ0v) is 8.97. The summed E-state index contributed by atoms with van der Waals surface area (Å²) in [6.07, 6.45) is -4.70. The average Bonchev–Trinajstić information content (AvgIpc) is 2.62. The third-order valence-electron chi connectivity index (χ3n) is 2.01. The number of amides is 1. The van der Waals surface area contributed by atoms with Gasteiger partial charge in [0.15, 0.2) is 0 Å². The molecule has 0 fully saturated rings. The maximum Gasteiger partial charge on any atom is 0.389 e. The maximum atomic E-state index is 11.8. The molecule has 17 heavy (non-hydrogen) atoms. The molecule has 0 aromatic carbocycles. The van der Waals surface area contributed by atoms with E-state index < -0.39 is 18.5 Å². The Labute approximate surface area is 95.6 Å². The number of rotatable bonds is 5. The van der Waals surface area contributed by atoms with Gasteiger partial charge in [-0.3, -0.25) is 9.89 Å². The van der Waals surface area contributed by atoms with Crippen LogP contribution in [0.5, 0.6) is 0 Å². The Balaban J connectivity index is 2.17. The van der Waals surface area contributed by atoms with Crippen LogP contribution in [0.3, 0.4) is 0 Å². The van der Waals surface area contributed by atoms with Crippen molar-refractivity contribution in [2.75, 3.05) is 12.3 Å². The van der Waals surface area contributed by atoms with E-state index in [1.807, 2.05) is 0 Å². The third kappa shape index (κ3) is 5.23. The van der Waals surface area contributed by atoms with Gasteiger partial charge in [-0.2, -0.15) is 18.3 Å². The van der Waals surface area contributed by atoms with Gasteiger partial charge in [0.2, 0.25) is 0 Å². The average molecular weight is 250 g/mol. The standard InChI is InChI=1S/C9H13F3N4O/c10-9(11,12)3-1-2-4-14-8(17)6-5-7(13)16-15-6/h5H,1-4H2,(H,14,17)(H3,13,15,16). The second-order valence-electron chi connectivity index (χ2n) is 3.53. The minimum absolute atomic E-state index is 0.00506. The zero-order chi connectivity index (χ0) is 12.9. The topological polar surface area (TPSA) is 83.8 Å². The highest BCUT2D eigenvalue weighted by Gasteiger charge is 2.25. The molecule has 0 spiro atoms. The van der Waals surface area contributed by atoms with E-state index in [0.717, 1.165) is 0 Å². The minimum Gasteiger partial charge on any atom is -0.382 e. The molecular weight excluding hydrogens is 237 g/mol. The van der Waals surface area contributed by atoms with Crippen LogP contribution in [0, 0.1) is 0 Å². The number of aromatic nitrogens is 2. The Hall–Kier alpha value is -1.73. The Bertz CT molecular complexity index is 375. The number of nitrogens with two attached hydrogens (primary N) is 1.